The average Bonchev–Trinajstić information content (AvgIpc) is 2.36. The normalized spacial score (nSPS) is 29.4. The molecule has 2 atom stereocenters. The molecule has 1 heterocycles. The molecule has 1 aliphatic heterocycles. The molecule has 0 aromatic rings. The van der Waals surface area contributed by atoms with Crippen molar-refractivity contribution in [2.45, 2.75) is 38.8 Å². The summed E-state index contributed by atoms with van der Waals surface area (Å²) < 4.78 is 0. The van der Waals surface area contributed by atoms with Crippen LogP contribution in [-0.4, -0.2) is 23.8 Å². The van der Waals surface area contributed by atoms with Gasteiger partial charge in [-0.15, -0.1) is 0 Å². The molecule has 60 valence electrons. The van der Waals surface area contributed by atoms with Crippen LogP contribution < -0.4 is 5.32 Å². The fourth-order valence-electron chi connectivity index (χ4n) is 1.47. The first-order valence-corrected chi connectivity index (χ1v) is 4.13. The summed E-state index contributed by atoms with van der Waals surface area (Å²) in [6.45, 7) is 5.20. The Morgan fingerprint density at radius 2 is 2.20 bits per heavy atom. The van der Waals surface area contributed by atoms with Gasteiger partial charge in [0.25, 0.3) is 0 Å². The lowest BCUT2D eigenvalue weighted by molar-refractivity contribution is 0.0906. The zero-order valence-corrected chi connectivity index (χ0v) is 6.80. The molecule has 0 bridgehead atoms. The zero-order valence-electron chi connectivity index (χ0n) is 6.80. The summed E-state index contributed by atoms with van der Waals surface area (Å²) in [5.74, 6) is 0.385. The van der Waals surface area contributed by atoms with E-state index in [9.17, 15) is 5.11 Å². The van der Waals surface area contributed by atoms with Gasteiger partial charge in [-0.1, -0.05) is 13.8 Å². The van der Waals surface area contributed by atoms with Gasteiger partial charge in [0.1, 0.15) is 0 Å². The number of nitrogens with one attached hydrogen (secondary N) is 1. The van der Waals surface area contributed by atoms with Crippen LogP contribution in [0.3, 0.4) is 0 Å². The Bertz CT molecular complexity index is 97.4. The average molecular weight is 143 g/mol. The van der Waals surface area contributed by atoms with E-state index < -0.39 is 0 Å². The fraction of sp³-hybridized carbons (Fsp3) is 1.00. The van der Waals surface area contributed by atoms with Gasteiger partial charge in [0, 0.05) is 6.04 Å². The first-order valence-electron chi connectivity index (χ1n) is 4.13. The molecule has 1 saturated heterocycles. The van der Waals surface area contributed by atoms with Crippen molar-refractivity contribution >= 4 is 0 Å². The molecule has 0 aromatic carbocycles. The molecule has 2 nitrogen and oxygen atoms in total. The number of rotatable bonds is 2. The van der Waals surface area contributed by atoms with Crippen molar-refractivity contribution < 1.29 is 5.11 Å². The second-order valence-corrected chi connectivity index (χ2v) is 3.44. The van der Waals surface area contributed by atoms with Gasteiger partial charge >= 0.3 is 0 Å². The minimum atomic E-state index is -0.150. The van der Waals surface area contributed by atoms with Crippen LogP contribution >= 0.6 is 0 Å². The van der Waals surface area contributed by atoms with E-state index >= 15 is 0 Å². The summed E-state index contributed by atoms with van der Waals surface area (Å²) in [5.41, 5.74) is 0. The quantitative estimate of drug-likeness (QED) is 0.598. The number of hydrogen-bond donors (Lipinski definition) is 2. The molecule has 0 aliphatic carbocycles. The smallest absolute Gasteiger partial charge is 0.0716 e. The van der Waals surface area contributed by atoms with E-state index in [0.29, 0.717) is 12.0 Å². The largest absolute Gasteiger partial charge is 0.391 e. The maximum absolute atomic E-state index is 9.56. The predicted molar refractivity (Wildman–Crippen MR) is 41.9 cm³/mol. The number of aliphatic hydroxyl groups is 1. The van der Waals surface area contributed by atoms with Crippen molar-refractivity contribution in [3.05, 3.63) is 0 Å². The number of aliphatic hydroxyl groups excluding tert-OH is 1. The molecule has 1 fully saturated rings. The van der Waals surface area contributed by atoms with Crippen LogP contribution in [0.4, 0.5) is 0 Å². The molecule has 0 aromatic heterocycles. The first-order chi connectivity index (χ1) is 4.72. The van der Waals surface area contributed by atoms with Crippen LogP contribution in [0.5, 0.6) is 0 Å². The summed E-state index contributed by atoms with van der Waals surface area (Å²) in [6.07, 6.45) is 2.20. The Kier molecular flexibility index (Phi) is 2.69. The summed E-state index contributed by atoms with van der Waals surface area (Å²) >= 11 is 0. The van der Waals surface area contributed by atoms with Crippen LogP contribution in [0.25, 0.3) is 0 Å². The third kappa shape index (κ3) is 1.70. The highest BCUT2D eigenvalue weighted by molar-refractivity contribution is 4.82. The molecular formula is C8H17NO. The van der Waals surface area contributed by atoms with Crippen molar-refractivity contribution in [2.24, 2.45) is 5.92 Å². The van der Waals surface area contributed by atoms with E-state index in [0.717, 1.165) is 13.0 Å². The van der Waals surface area contributed by atoms with Gasteiger partial charge in [-0.05, 0) is 25.3 Å². The Balaban J connectivity index is 2.32. The third-order valence-electron chi connectivity index (χ3n) is 2.19. The Morgan fingerprint density at radius 3 is 2.60 bits per heavy atom. The molecule has 10 heavy (non-hydrogen) atoms. The summed E-state index contributed by atoms with van der Waals surface area (Å²) in [4.78, 5) is 0. The van der Waals surface area contributed by atoms with Gasteiger partial charge < -0.3 is 10.4 Å². The van der Waals surface area contributed by atoms with Crippen LogP contribution in [0.15, 0.2) is 0 Å². The molecule has 2 N–H and O–H groups in total. The maximum Gasteiger partial charge on any atom is 0.0716 e. The lowest BCUT2D eigenvalue weighted by Crippen LogP contribution is -2.37. The summed E-state index contributed by atoms with van der Waals surface area (Å²) in [6, 6.07) is 0.361. The van der Waals surface area contributed by atoms with Gasteiger partial charge in [0.2, 0.25) is 0 Å². The van der Waals surface area contributed by atoms with Crippen molar-refractivity contribution in [3.8, 4) is 0 Å². The SMILES string of the molecule is CC(C)C(O)C1CCCN1. The van der Waals surface area contributed by atoms with E-state index in [4.69, 9.17) is 0 Å². The first kappa shape index (κ1) is 8.02. The van der Waals surface area contributed by atoms with Crippen molar-refractivity contribution in [1.82, 2.24) is 5.32 Å². The highest BCUT2D eigenvalue weighted by atomic mass is 16.3. The predicted octanol–water partition coefficient (Wildman–Crippen LogP) is 0.755. The topological polar surface area (TPSA) is 32.3 Å². The molecule has 0 amide bonds. The molecule has 1 aliphatic rings. The summed E-state index contributed by atoms with van der Waals surface area (Å²) in [7, 11) is 0. The van der Waals surface area contributed by atoms with Gasteiger partial charge in [-0.2, -0.15) is 0 Å². The molecule has 0 radical (unpaired) electrons. The molecule has 2 unspecified atom stereocenters. The second kappa shape index (κ2) is 3.35. The van der Waals surface area contributed by atoms with Gasteiger partial charge in [-0.3, -0.25) is 0 Å². The van der Waals surface area contributed by atoms with Gasteiger partial charge in [-0.25, -0.2) is 0 Å². The molecule has 0 saturated carbocycles. The zero-order chi connectivity index (χ0) is 7.56. The molecule has 1 rings (SSSR count). The van der Waals surface area contributed by atoms with Crippen LogP contribution in [-0.2, 0) is 0 Å². The van der Waals surface area contributed by atoms with Gasteiger partial charge in [0.15, 0.2) is 0 Å². The monoisotopic (exact) mass is 143 g/mol. The lowest BCUT2D eigenvalue weighted by Gasteiger charge is -2.21. The Morgan fingerprint density at radius 1 is 1.50 bits per heavy atom. The van der Waals surface area contributed by atoms with Crippen LogP contribution in [0.1, 0.15) is 26.7 Å². The Hall–Kier alpha value is -0.0800. The van der Waals surface area contributed by atoms with E-state index in [1.54, 1.807) is 0 Å². The second-order valence-electron chi connectivity index (χ2n) is 3.44. The van der Waals surface area contributed by atoms with E-state index in [1.165, 1.54) is 6.42 Å². The number of hydrogen-bond acceptors (Lipinski definition) is 2. The minimum absolute atomic E-state index is 0.150. The maximum atomic E-state index is 9.56. The summed E-state index contributed by atoms with van der Waals surface area (Å²) in [5, 5.41) is 12.9. The van der Waals surface area contributed by atoms with Crippen molar-refractivity contribution in [1.29, 1.82) is 0 Å². The molecular weight excluding hydrogens is 126 g/mol. The van der Waals surface area contributed by atoms with Crippen LogP contribution in [0.2, 0.25) is 0 Å². The van der Waals surface area contributed by atoms with E-state index in [1.807, 2.05) is 0 Å². The lowest BCUT2D eigenvalue weighted by atomic mass is 9.99. The van der Waals surface area contributed by atoms with E-state index in [-0.39, 0.29) is 6.10 Å². The Labute approximate surface area is 62.6 Å². The highest BCUT2D eigenvalue weighted by Crippen LogP contribution is 2.14. The minimum Gasteiger partial charge on any atom is -0.391 e. The van der Waals surface area contributed by atoms with Crippen LogP contribution in [0, 0.1) is 5.92 Å². The van der Waals surface area contributed by atoms with Gasteiger partial charge in [0.05, 0.1) is 6.10 Å². The van der Waals surface area contributed by atoms with Crippen molar-refractivity contribution in [3.63, 3.8) is 0 Å². The third-order valence-corrected chi connectivity index (χ3v) is 2.19. The molecule has 2 heteroatoms. The fourth-order valence-corrected chi connectivity index (χ4v) is 1.47. The van der Waals surface area contributed by atoms with E-state index in [2.05, 4.69) is 19.2 Å². The molecule has 0 spiro atoms. The standard InChI is InChI=1S/C8H17NO/c1-6(2)8(10)7-4-3-5-9-7/h6-10H,3-5H2,1-2H3. The van der Waals surface area contributed by atoms with Crippen molar-refractivity contribution in [2.75, 3.05) is 6.54 Å². The highest BCUT2D eigenvalue weighted by Gasteiger charge is 2.24.